The Hall–Kier alpha value is -0.820. The summed E-state index contributed by atoms with van der Waals surface area (Å²) in [6.45, 7) is 13.0. The van der Waals surface area contributed by atoms with Gasteiger partial charge in [0.2, 0.25) is 11.0 Å². The van der Waals surface area contributed by atoms with Crippen molar-refractivity contribution >= 4 is 34.1 Å². The average Bonchev–Trinajstić information content (AvgIpc) is 2.82. The molecule has 7 heteroatoms. The van der Waals surface area contributed by atoms with Crippen LogP contribution in [0, 0.1) is 11.8 Å². The molecule has 0 unspecified atom stereocenters. The second kappa shape index (κ2) is 9.25. The van der Waals surface area contributed by atoms with E-state index in [0.717, 1.165) is 29.1 Å². The zero-order valence-electron chi connectivity index (χ0n) is 13.5. The highest BCUT2D eigenvalue weighted by atomic mass is 32.2. The highest BCUT2D eigenvalue weighted by Gasteiger charge is 2.17. The molecule has 0 bridgehead atoms. The molecule has 0 saturated carbocycles. The van der Waals surface area contributed by atoms with Gasteiger partial charge in [-0.1, -0.05) is 50.8 Å². The lowest BCUT2D eigenvalue weighted by Gasteiger charge is -2.26. The molecule has 1 rings (SSSR count). The predicted octanol–water partition coefficient (Wildman–Crippen LogP) is 3.20. The number of nitrogens with one attached hydrogen (secondary N) is 1. The van der Waals surface area contributed by atoms with Crippen molar-refractivity contribution in [3.8, 4) is 0 Å². The third-order valence-electron chi connectivity index (χ3n) is 2.58. The van der Waals surface area contributed by atoms with Crippen LogP contribution in [0.15, 0.2) is 4.34 Å². The first-order valence-electron chi connectivity index (χ1n) is 7.40. The van der Waals surface area contributed by atoms with Crippen LogP contribution in [0.4, 0.5) is 5.13 Å². The molecule has 0 aliphatic rings. The molecule has 1 aromatic heterocycles. The van der Waals surface area contributed by atoms with Crippen LogP contribution in [0.1, 0.15) is 34.6 Å². The molecule has 0 aliphatic carbocycles. The van der Waals surface area contributed by atoms with Gasteiger partial charge in [0.15, 0.2) is 4.34 Å². The molecule has 5 nitrogen and oxygen atoms in total. The predicted molar refractivity (Wildman–Crippen MR) is 91.1 cm³/mol. The highest BCUT2D eigenvalue weighted by Crippen LogP contribution is 2.25. The maximum absolute atomic E-state index is 12.4. The summed E-state index contributed by atoms with van der Waals surface area (Å²) in [5, 5.41) is 12.1. The van der Waals surface area contributed by atoms with E-state index in [1.54, 1.807) is 0 Å². The summed E-state index contributed by atoms with van der Waals surface area (Å²) >= 11 is 2.97. The quantitative estimate of drug-likeness (QED) is 0.705. The molecule has 0 saturated heterocycles. The number of carbonyl (C=O) groups is 1. The molecule has 0 radical (unpaired) electrons. The van der Waals surface area contributed by atoms with E-state index in [1.807, 2.05) is 11.8 Å². The van der Waals surface area contributed by atoms with Gasteiger partial charge in [0.1, 0.15) is 0 Å². The Morgan fingerprint density at radius 2 is 1.86 bits per heavy atom. The number of carbonyl (C=O) groups excluding carboxylic acids is 1. The molecule has 0 aromatic carbocycles. The minimum atomic E-state index is 0.183. The van der Waals surface area contributed by atoms with E-state index in [1.165, 1.54) is 23.1 Å². The molecule has 0 aliphatic heterocycles. The summed E-state index contributed by atoms with van der Waals surface area (Å²) in [5.74, 6) is 1.59. The molecule has 120 valence electrons. The van der Waals surface area contributed by atoms with Crippen molar-refractivity contribution in [1.29, 1.82) is 0 Å². The Morgan fingerprint density at radius 3 is 2.38 bits per heavy atom. The van der Waals surface area contributed by atoms with Crippen molar-refractivity contribution in [2.24, 2.45) is 11.8 Å². The van der Waals surface area contributed by atoms with Gasteiger partial charge in [0, 0.05) is 19.6 Å². The number of thioether (sulfide) groups is 1. The van der Waals surface area contributed by atoms with E-state index >= 15 is 0 Å². The molecular weight excluding hydrogens is 304 g/mol. The van der Waals surface area contributed by atoms with E-state index in [2.05, 4.69) is 43.2 Å². The summed E-state index contributed by atoms with van der Waals surface area (Å²) in [5.41, 5.74) is 0. The molecule has 1 aromatic rings. The molecule has 0 spiro atoms. The van der Waals surface area contributed by atoms with Gasteiger partial charge in [-0.25, -0.2) is 0 Å². The van der Waals surface area contributed by atoms with E-state index in [-0.39, 0.29) is 5.91 Å². The van der Waals surface area contributed by atoms with Gasteiger partial charge < -0.3 is 10.2 Å². The number of amides is 1. The summed E-state index contributed by atoms with van der Waals surface area (Å²) < 4.78 is 0.841. The van der Waals surface area contributed by atoms with Crippen molar-refractivity contribution in [1.82, 2.24) is 15.1 Å². The van der Waals surface area contributed by atoms with Crippen LogP contribution in [-0.4, -0.2) is 46.4 Å². The molecule has 1 heterocycles. The fraction of sp³-hybridized carbons (Fsp3) is 0.786. The van der Waals surface area contributed by atoms with E-state index < -0.39 is 0 Å². The molecule has 1 amide bonds. The minimum Gasteiger partial charge on any atom is -0.360 e. The van der Waals surface area contributed by atoms with Gasteiger partial charge in [-0.05, 0) is 18.8 Å². The van der Waals surface area contributed by atoms with Crippen LogP contribution in [0.3, 0.4) is 0 Å². The monoisotopic (exact) mass is 330 g/mol. The van der Waals surface area contributed by atoms with Crippen LogP contribution in [0.5, 0.6) is 0 Å². The van der Waals surface area contributed by atoms with Crippen LogP contribution < -0.4 is 5.32 Å². The maximum Gasteiger partial charge on any atom is 0.233 e. The SMILES string of the molecule is CCNc1nnc(SCC(=O)N(CC(C)C)CC(C)C)s1. The smallest absolute Gasteiger partial charge is 0.233 e. The van der Waals surface area contributed by atoms with Crippen molar-refractivity contribution < 1.29 is 4.79 Å². The second-order valence-electron chi connectivity index (χ2n) is 5.78. The Kier molecular flexibility index (Phi) is 8.03. The van der Waals surface area contributed by atoms with Crippen molar-refractivity contribution in [2.75, 3.05) is 30.7 Å². The highest BCUT2D eigenvalue weighted by molar-refractivity contribution is 8.01. The van der Waals surface area contributed by atoms with Crippen molar-refractivity contribution in [2.45, 2.75) is 39.0 Å². The van der Waals surface area contributed by atoms with Crippen molar-refractivity contribution in [3.63, 3.8) is 0 Å². The van der Waals surface area contributed by atoms with E-state index in [9.17, 15) is 4.79 Å². The first-order valence-corrected chi connectivity index (χ1v) is 9.20. The number of aromatic nitrogens is 2. The fourth-order valence-corrected chi connectivity index (χ4v) is 3.59. The summed E-state index contributed by atoms with van der Waals surface area (Å²) in [6.07, 6.45) is 0. The number of hydrogen-bond donors (Lipinski definition) is 1. The molecule has 21 heavy (non-hydrogen) atoms. The van der Waals surface area contributed by atoms with Crippen LogP contribution in [-0.2, 0) is 4.79 Å². The fourth-order valence-electron chi connectivity index (χ4n) is 1.87. The number of anilines is 1. The third-order valence-corrected chi connectivity index (χ3v) is 4.58. The van der Waals surface area contributed by atoms with E-state index in [0.29, 0.717) is 17.6 Å². The van der Waals surface area contributed by atoms with Gasteiger partial charge in [-0.3, -0.25) is 4.79 Å². The minimum absolute atomic E-state index is 0.183. The Balaban J connectivity index is 2.51. The lowest BCUT2D eigenvalue weighted by molar-refractivity contribution is -0.129. The van der Waals surface area contributed by atoms with Gasteiger partial charge in [0.05, 0.1) is 5.75 Å². The third kappa shape index (κ3) is 7.13. The largest absolute Gasteiger partial charge is 0.360 e. The molecular formula is C14H26N4OS2. The van der Waals surface area contributed by atoms with Crippen molar-refractivity contribution in [3.05, 3.63) is 0 Å². The van der Waals surface area contributed by atoms with Gasteiger partial charge in [0.25, 0.3) is 0 Å². The van der Waals surface area contributed by atoms with Gasteiger partial charge in [-0.2, -0.15) is 0 Å². The Bertz CT molecular complexity index is 424. The van der Waals surface area contributed by atoms with Crippen LogP contribution in [0.25, 0.3) is 0 Å². The molecule has 0 fully saturated rings. The average molecular weight is 331 g/mol. The standard InChI is InChI=1S/C14H26N4OS2/c1-6-15-13-16-17-14(21-13)20-9-12(19)18(7-10(2)3)8-11(4)5/h10-11H,6-9H2,1-5H3,(H,15,16). The van der Waals surface area contributed by atoms with E-state index in [4.69, 9.17) is 0 Å². The normalized spacial score (nSPS) is 11.2. The summed E-state index contributed by atoms with van der Waals surface area (Å²) in [6, 6.07) is 0. The summed E-state index contributed by atoms with van der Waals surface area (Å²) in [4.78, 5) is 14.3. The molecule has 1 N–H and O–H groups in total. The lowest BCUT2D eigenvalue weighted by Crippen LogP contribution is -2.38. The molecule has 0 atom stereocenters. The first kappa shape index (κ1) is 18.2. The zero-order valence-corrected chi connectivity index (χ0v) is 15.2. The summed E-state index contributed by atoms with van der Waals surface area (Å²) in [7, 11) is 0. The van der Waals surface area contributed by atoms with Gasteiger partial charge >= 0.3 is 0 Å². The number of rotatable bonds is 9. The van der Waals surface area contributed by atoms with Crippen LogP contribution in [0.2, 0.25) is 0 Å². The lowest BCUT2D eigenvalue weighted by atomic mass is 10.1. The Labute approximate surface area is 135 Å². The van der Waals surface area contributed by atoms with Crippen LogP contribution >= 0.6 is 23.1 Å². The Morgan fingerprint density at radius 1 is 1.24 bits per heavy atom. The van der Waals surface area contributed by atoms with Gasteiger partial charge in [-0.15, -0.1) is 10.2 Å². The maximum atomic E-state index is 12.4. The first-order chi connectivity index (χ1) is 9.92. The topological polar surface area (TPSA) is 58.1 Å². The second-order valence-corrected chi connectivity index (χ2v) is 7.98. The zero-order chi connectivity index (χ0) is 15.8. The number of nitrogens with zero attached hydrogens (tertiary/aromatic N) is 3. The number of hydrogen-bond acceptors (Lipinski definition) is 6.